The molecule has 1 unspecified atom stereocenters. The van der Waals surface area contributed by atoms with Gasteiger partial charge in [-0.2, -0.15) is 0 Å². The maximum atomic E-state index is 10.7. The van der Waals surface area contributed by atoms with E-state index in [1.807, 2.05) is 0 Å². The topological polar surface area (TPSA) is 60.2 Å². The van der Waals surface area contributed by atoms with E-state index in [4.69, 9.17) is 23.2 Å². The van der Waals surface area contributed by atoms with Crippen molar-refractivity contribution in [2.75, 3.05) is 0 Å². The Bertz CT molecular complexity index is 425. The second-order valence-corrected chi connectivity index (χ2v) is 4.42. The number of rotatable bonds is 3. The van der Waals surface area contributed by atoms with Gasteiger partial charge in [0.25, 0.3) is 5.69 Å². The van der Waals surface area contributed by atoms with Gasteiger partial charge in [0.2, 0.25) is 0 Å². The predicted molar refractivity (Wildman–Crippen MR) is 60.8 cm³/mol. The van der Waals surface area contributed by atoms with Gasteiger partial charge in [0.05, 0.1) is 20.5 Å². The van der Waals surface area contributed by atoms with Crippen LogP contribution < -0.4 is 0 Å². The smallest absolute Gasteiger partial charge is 0.275 e. The van der Waals surface area contributed by atoms with Gasteiger partial charge in [-0.1, -0.05) is 39.1 Å². The molecular weight excluding hydrogens is 309 g/mol. The Hall–Kier alpha value is -0.650. The Morgan fingerprint density at radius 3 is 2.40 bits per heavy atom. The van der Waals surface area contributed by atoms with Gasteiger partial charge in [0.15, 0.2) is 0 Å². The Labute approximate surface area is 103 Å². The molecule has 15 heavy (non-hydrogen) atoms. The van der Waals surface area contributed by atoms with Crippen molar-refractivity contribution in [2.45, 2.75) is 4.83 Å². The van der Waals surface area contributed by atoms with E-state index in [2.05, 4.69) is 15.9 Å². The highest BCUT2D eigenvalue weighted by Crippen LogP contribution is 2.36. The summed E-state index contributed by atoms with van der Waals surface area (Å²) in [6, 6.07) is 2.42. The number of nitrogens with zero attached hydrogens (tertiary/aromatic N) is 1. The molecular formula is C8H4BrCl2NO3. The molecule has 0 fully saturated rings. The lowest BCUT2D eigenvalue weighted by atomic mass is 10.1. The molecule has 0 spiro atoms. The summed E-state index contributed by atoms with van der Waals surface area (Å²) in [5.74, 6) is 0. The van der Waals surface area contributed by atoms with Crippen LogP contribution in [-0.4, -0.2) is 11.2 Å². The van der Waals surface area contributed by atoms with Gasteiger partial charge in [-0.15, -0.1) is 0 Å². The standard InChI is InChI=1S/C8H4BrCl2NO3/c9-5(3-13)4-1-6(10)7(11)2-8(4)12(14)15/h1-3,5H. The van der Waals surface area contributed by atoms with E-state index >= 15 is 0 Å². The van der Waals surface area contributed by atoms with Crippen LogP contribution in [0.3, 0.4) is 0 Å². The maximum Gasteiger partial charge on any atom is 0.275 e. The fourth-order valence-corrected chi connectivity index (χ4v) is 1.70. The second-order valence-electron chi connectivity index (χ2n) is 2.62. The summed E-state index contributed by atoms with van der Waals surface area (Å²) >= 11 is 14.3. The van der Waals surface area contributed by atoms with Crippen molar-refractivity contribution < 1.29 is 9.72 Å². The molecule has 1 atom stereocenters. The first-order valence-corrected chi connectivity index (χ1v) is 5.37. The minimum atomic E-state index is -0.771. The van der Waals surface area contributed by atoms with Crippen LogP contribution in [0.2, 0.25) is 10.0 Å². The van der Waals surface area contributed by atoms with Gasteiger partial charge >= 0.3 is 0 Å². The molecule has 0 aliphatic rings. The molecule has 0 heterocycles. The second kappa shape index (κ2) is 4.92. The summed E-state index contributed by atoms with van der Waals surface area (Å²) in [7, 11) is 0. The van der Waals surface area contributed by atoms with E-state index in [0.29, 0.717) is 6.29 Å². The Balaban J connectivity index is 3.40. The SMILES string of the molecule is O=CC(Br)c1cc(Cl)c(Cl)cc1[N+](=O)[O-]. The lowest BCUT2D eigenvalue weighted by Crippen LogP contribution is -1.99. The number of hydrogen-bond donors (Lipinski definition) is 0. The van der Waals surface area contributed by atoms with Crippen LogP contribution in [0.4, 0.5) is 5.69 Å². The molecule has 1 rings (SSSR count). The van der Waals surface area contributed by atoms with E-state index in [1.54, 1.807) is 0 Å². The maximum absolute atomic E-state index is 10.7. The molecule has 0 aliphatic heterocycles. The molecule has 0 aromatic heterocycles. The van der Waals surface area contributed by atoms with E-state index in [0.717, 1.165) is 6.07 Å². The Morgan fingerprint density at radius 1 is 1.40 bits per heavy atom. The van der Waals surface area contributed by atoms with Gasteiger partial charge in [-0.25, -0.2) is 0 Å². The van der Waals surface area contributed by atoms with Gasteiger partial charge in [-0.05, 0) is 6.07 Å². The number of hydrogen-bond acceptors (Lipinski definition) is 3. The van der Waals surface area contributed by atoms with Crippen molar-refractivity contribution in [1.29, 1.82) is 0 Å². The summed E-state index contributed by atoms with van der Waals surface area (Å²) in [5, 5.41) is 10.9. The third-order valence-electron chi connectivity index (χ3n) is 1.68. The summed E-state index contributed by atoms with van der Waals surface area (Å²) < 4.78 is 0. The molecule has 0 aliphatic carbocycles. The molecule has 0 saturated carbocycles. The predicted octanol–water partition coefficient (Wildman–Crippen LogP) is 3.54. The van der Waals surface area contributed by atoms with Gasteiger partial charge in [0.1, 0.15) is 11.1 Å². The van der Waals surface area contributed by atoms with E-state index in [9.17, 15) is 14.9 Å². The summed E-state index contributed by atoms with van der Waals surface area (Å²) in [6.45, 7) is 0. The average Bonchev–Trinajstić information content (AvgIpc) is 2.20. The first kappa shape index (κ1) is 12.4. The first-order chi connectivity index (χ1) is 6.97. The summed E-state index contributed by atoms with van der Waals surface area (Å²) in [6.07, 6.45) is 0.534. The Kier molecular flexibility index (Phi) is 4.07. The molecule has 7 heteroatoms. The zero-order valence-corrected chi connectivity index (χ0v) is 10.2. The first-order valence-electron chi connectivity index (χ1n) is 3.70. The molecule has 1 aromatic rings. The summed E-state index contributed by atoms with van der Waals surface area (Å²) in [5.41, 5.74) is -0.0530. The van der Waals surface area contributed by atoms with Crippen LogP contribution in [-0.2, 0) is 4.79 Å². The minimum absolute atomic E-state index is 0.0812. The van der Waals surface area contributed by atoms with Crippen LogP contribution in [0.25, 0.3) is 0 Å². The van der Waals surface area contributed by atoms with Crippen molar-refractivity contribution >= 4 is 51.1 Å². The third-order valence-corrected chi connectivity index (χ3v) is 3.11. The number of nitro groups is 1. The lowest BCUT2D eigenvalue weighted by Gasteiger charge is -2.05. The molecule has 80 valence electrons. The third kappa shape index (κ3) is 2.68. The van der Waals surface area contributed by atoms with Crippen molar-refractivity contribution in [3.05, 3.63) is 37.9 Å². The van der Waals surface area contributed by atoms with Crippen LogP contribution >= 0.6 is 39.1 Å². The fraction of sp³-hybridized carbons (Fsp3) is 0.125. The van der Waals surface area contributed by atoms with Crippen molar-refractivity contribution in [3.63, 3.8) is 0 Å². The minimum Gasteiger partial charge on any atom is -0.302 e. The van der Waals surface area contributed by atoms with Crippen LogP contribution in [0.5, 0.6) is 0 Å². The lowest BCUT2D eigenvalue weighted by molar-refractivity contribution is -0.385. The zero-order chi connectivity index (χ0) is 11.6. The highest BCUT2D eigenvalue weighted by molar-refractivity contribution is 9.09. The molecule has 0 bridgehead atoms. The molecule has 0 N–H and O–H groups in total. The monoisotopic (exact) mass is 311 g/mol. The van der Waals surface area contributed by atoms with Crippen molar-refractivity contribution in [1.82, 2.24) is 0 Å². The number of halogens is 3. The molecule has 0 radical (unpaired) electrons. The molecule has 0 amide bonds. The molecule has 0 saturated heterocycles. The van der Waals surface area contributed by atoms with Gasteiger partial charge < -0.3 is 4.79 Å². The number of carbonyl (C=O) groups is 1. The van der Waals surface area contributed by atoms with Crippen molar-refractivity contribution in [2.24, 2.45) is 0 Å². The van der Waals surface area contributed by atoms with Crippen LogP contribution in [0.1, 0.15) is 10.4 Å². The van der Waals surface area contributed by atoms with E-state index < -0.39 is 9.75 Å². The fourth-order valence-electron chi connectivity index (χ4n) is 1.00. The normalized spacial score (nSPS) is 12.2. The van der Waals surface area contributed by atoms with E-state index in [-0.39, 0.29) is 21.3 Å². The Morgan fingerprint density at radius 2 is 1.93 bits per heavy atom. The highest BCUT2D eigenvalue weighted by Gasteiger charge is 2.21. The number of aldehydes is 1. The average molecular weight is 313 g/mol. The van der Waals surface area contributed by atoms with Gasteiger partial charge in [-0.3, -0.25) is 10.1 Å². The number of benzene rings is 1. The summed E-state index contributed by atoms with van der Waals surface area (Å²) in [4.78, 5) is 19.8. The van der Waals surface area contributed by atoms with Gasteiger partial charge in [0, 0.05) is 6.07 Å². The quantitative estimate of drug-likeness (QED) is 0.371. The molecule has 4 nitrogen and oxygen atoms in total. The number of carbonyl (C=O) groups excluding carboxylic acids is 1. The highest BCUT2D eigenvalue weighted by atomic mass is 79.9. The zero-order valence-electron chi connectivity index (χ0n) is 7.12. The van der Waals surface area contributed by atoms with Crippen LogP contribution in [0.15, 0.2) is 12.1 Å². The number of alkyl halides is 1. The van der Waals surface area contributed by atoms with E-state index in [1.165, 1.54) is 6.07 Å². The molecule has 1 aromatic carbocycles. The van der Waals surface area contributed by atoms with Crippen molar-refractivity contribution in [3.8, 4) is 0 Å². The number of nitro benzene ring substituents is 1. The largest absolute Gasteiger partial charge is 0.302 e. The van der Waals surface area contributed by atoms with Crippen LogP contribution in [0, 0.1) is 10.1 Å².